The summed E-state index contributed by atoms with van der Waals surface area (Å²) in [4.78, 5) is 13.2. The predicted octanol–water partition coefficient (Wildman–Crippen LogP) is 2.68. The van der Waals surface area contributed by atoms with Crippen LogP contribution in [0.2, 0.25) is 0 Å². The largest absolute Gasteiger partial charge is 0.481 e. The average molecular weight is 237 g/mol. The molecule has 0 heterocycles. The molecule has 1 aromatic rings. The van der Waals surface area contributed by atoms with E-state index in [-0.39, 0.29) is 5.75 Å². The second-order valence-electron chi connectivity index (χ2n) is 3.06. The van der Waals surface area contributed by atoms with Crippen LogP contribution in [-0.4, -0.2) is 22.9 Å². The van der Waals surface area contributed by atoms with Crippen LogP contribution in [0.5, 0.6) is 0 Å². The number of rotatable bonds is 6. The van der Waals surface area contributed by atoms with Crippen molar-refractivity contribution in [1.29, 1.82) is 0 Å². The van der Waals surface area contributed by atoms with Gasteiger partial charge in [-0.15, -0.1) is 0 Å². The predicted molar refractivity (Wildman–Crippen MR) is 63.2 cm³/mol. The molecule has 0 saturated carbocycles. The fraction of sp³-hybridized carbons (Fsp3) is 0.300. The quantitative estimate of drug-likeness (QED) is 0.468. The summed E-state index contributed by atoms with van der Waals surface area (Å²) in [6.07, 6.45) is 0. The Morgan fingerprint density at radius 3 is 2.75 bits per heavy atom. The third-order valence-electron chi connectivity index (χ3n) is 1.86. The molecule has 0 aliphatic rings. The van der Waals surface area contributed by atoms with Crippen LogP contribution in [0, 0.1) is 0 Å². The number of hydrogen-bond acceptors (Lipinski definition) is 3. The minimum Gasteiger partial charge on any atom is -0.481 e. The molecule has 0 amide bonds. The first-order chi connectivity index (χ1) is 7.74. The van der Waals surface area contributed by atoms with Crippen molar-refractivity contribution >= 4 is 17.7 Å². The normalized spacial score (nSPS) is 11.5. The number of thioether (sulfide) groups is 1. The zero-order valence-corrected chi connectivity index (χ0v) is 9.30. The average Bonchev–Trinajstić information content (AvgIpc) is 2.29. The van der Waals surface area contributed by atoms with Gasteiger partial charge in [0, 0.05) is 16.4 Å². The molecular formula is C10H11N3O2S. The van der Waals surface area contributed by atoms with Crippen LogP contribution >= 0.6 is 11.8 Å². The van der Waals surface area contributed by atoms with E-state index < -0.39 is 12.0 Å². The van der Waals surface area contributed by atoms with Gasteiger partial charge in [-0.1, -0.05) is 35.4 Å². The third-order valence-corrected chi connectivity index (χ3v) is 2.95. The van der Waals surface area contributed by atoms with Gasteiger partial charge in [-0.05, 0) is 11.1 Å². The van der Waals surface area contributed by atoms with Crippen LogP contribution in [0.1, 0.15) is 5.56 Å². The highest BCUT2D eigenvalue weighted by Gasteiger charge is 2.14. The van der Waals surface area contributed by atoms with E-state index in [0.717, 1.165) is 5.56 Å². The first kappa shape index (κ1) is 12.4. The van der Waals surface area contributed by atoms with E-state index in [4.69, 9.17) is 10.6 Å². The van der Waals surface area contributed by atoms with Crippen molar-refractivity contribution in [3.05, 3.63) is 46.3 Å². The van der Waals surface area contributed by atoms with Gasteiger partial charge < -0.3 is 5.11 Å². The molecule has 1 unspecified atom stereocenters. The molecule has 84 valence electrons. The highest BCUT2D eigenvalue weighted by Crippen LogP contribution is 2.14. The van der Waals surface area contributed by atoms with Gasteiger partial charge in [0.1, 0.15) is 6.04 Å². The Balaban J connectivity index is 2.39. The number of carboxylic acid groups (broad SMARTS) is 1. The van der Waals surface area contributed by atoms with Crippen molar-refractivity contribution in [2.24, 2.45) is 5.11 Å². The lowest BCUT2D eigenvalue weighted by Gasteiger charge is -2.05. The first-order valence-electron chi connectivity index (χ1n) is 4.62. The molecule has 0 fully saturated rings. The molecule has 1 aromatic carbocycles. The van der Waals surface area contributed by atoms with Crippen molar-refractivity contribution in [2.45, 2.75) is 11.8 Å². The SMILES string of the molecule is [N-]=[N+]=NC(CSCc1ccccc1)C(=O)O. The van der Waals surface area contributed by atoms with Crippen molar-refractivity contribution in [2.75, 3.05) is 5.75 Å². The maximum absolute atomic E-state index is 10.7. The van der Waals surface area contributed by atoms with E-state index in [1.807, 2.05) is 30.3 Å². The fourth-order valence-corrected chi connectivity index (χ4v) is 2.06. The number of azide groups is 1. The summed E-state index contributed by atoms with van der Waals surface area (Å²) in [5.74, 6) is -0.0850. The molecule has 0 saturated heterocycles. The minimum atomic E-state index is -1.08. The van der Waals surface area contributed by atoms with E-state index in [0.29, 0.717) is 5.75 Å². The lowest BCUT2D eigenvalue weighted by atomic mass is 10.2. The van der Waals surface area contributed by atoms with Gasteiger partial charge in [-0.2, -0.15) is 11.8 Å². The standard InChI is InChI=1S/C10H11N3O2S/c11-13-12-9(10(14)15)7-16-6-8-4-2-1-3-5-8/h1-5,9H,6-7H2,(H,14,15). The summed E-state index contributed by atoms with van der Waals surface area (Å²) in [6.45, 7) is 0. The van der Waals surface area contributed by atoms with E-state index in [2.05, 4.69) is 10.0 Å². The molecule has 5 nitrogen and oxygen atoms in total. The van der Waals surface area contributed by atoms with E-state index >= 15 is 0 Å². The Morgan fingerprint density at radius 1 is 1.50 bits per heavy atom. The summed E-state index contributed by atoms with van der Waals surface area (Å²) in [5.41, 5.74) is 9.31. The number of carboxylic acids is 1. The summed E-state index contributed by atoms with van der Waals surface area (Å²) in [5, 5.41) is 11.9. The van der Waals surface area contributed by atoms with E-state index in [1.165, 1.54) is 11.8 Å². The number of hydrogen-bond donors (Lipinski definition) is 1. The highest BCUT2D eigenvalue weighted by molar-refractivity contribution is 7.98. The molecule has 0 aliphatic carbocycles. The number of aliphatic carboxylic acids is 1. The molecule has 6 heteroatoms. The first-order valence-corrected chi connectivity index (χ1v) is 5.78. The topological polar surface area (TPSA) is 86.1 Å². The van der Waals surface area contributed by atoms with Gasteiger partial charge in [0.2, 0.25) is 0 Å². The van der Waals surface area contributed by atoms with Crippen molar-refractivity contribution in [3.63, 3.8) is 0 Å². The second kappa shape index (κ2) is 6.76. The van der Waals surface area contributed by atoms with Gasteiger partial charge >= 0.3 is 5.97 Å². The van der Waals surface area contributed by atoms with Crippen LogP contribution < -0.4 is 0 Å². The van der Waals surface area contributed by atoms with Crippen LogP contribution in [0.3, 0.4) is 0 Å². The zero-order valence-electron chi connectivity index (χ0n) is 8.48. The minimum absolute atomic E-state index is 0.286. The van der Waals surface area contributed by atoms with Crippen LogP contribution in [0.25, 0.3) is 10.4 Å². The summed E-state index contributed by atoms with van der Waals surface area (Å²) in [7, 11) is 0. The second-order valence-corrected chi connectivity index (χ2v) is 4.09. The highest BCUT2D eigenvalue weighted by atomic mass is 32.2. The molecule has 1 rings (SSSR count). The van der Waals surface area contributed by atoms with Crippen molar-refractivity contribution in [3.8, 4) is 0 Å². The molecule has 0 aromatic heterocycles. The van der Waals surface area contributed by atoms with E-state index in [9.17, 15) is 4.79 Å². The van der Waals surface area contributed by atoms with Crippen molar-refractivity contribution in [1.82, 2.24) is 0 Å². The molecule has 1 N–H and O–H groups in total. The van der Waals surface area contributed by atoms with Gasteiger partial charge in [0.15, 0.2) is 0 Å². The fourth-order valence-electron chi connectivity index (χ4n) is 1.08. The number of nitrogens with zero attached hydrogens (tertiary/aromatic N) is 3. The van der Waals surface area contributed by atoms with Gasteiger partial charge in [-0.3, -0.25) is 4.79 Å². The molecule has 0 spiro atoms. The van der Waals surface area contributed by atoms with Gasteiger partial charge in [0.25, 0.3) is 0 Å². The van der Waals surface area contributed by atoms with Gasteiger partial charge in [0.05, 0.1) is 0 Å². The Bertz CT molecular complexity index is 388. The maximum Gasteiger partial charge on any atom is 0.313 e. The summed E-state index contributed by atoms with van der Waals surface area (Å²) in [6, 6.07) is 8.73. The van der Waals surface area contributed by atoms with Gasteiger partial charge in [-0.25, -0.2) is 0 Å². The lowest BCUT2D eigenvalue weighted by Crippen LogP contribution is -2.19. The van der Waals surface area contributed by atoms with Crippen molar-refractivity contribution < 1.29 is 9.90 Å². The molecule has 1 atom stereocenters. The number of benzene rings is 1. The summed E-state index contributed by atoms with van der Waals surface area (Å²) >= 11 is 1.44. The van der Waals surface area contributed by atoms with Crippen LogP contribution in [-0.2, 0) is 10.5 Å². The third kappa shape index (κ3) is 4.25. The molecule has 0 bridgehead atoms. The molecular weight excluding hydrogens is 226 g/mol. The smallest absolute Gasteiger partial charge is 0.313 e. The number of carbonyl (C=O) groups is 1. The Morgan fingerprint density at radius 2 is 2.19 bits per heavy atom. The van der Waals surface area contributed by atoms with E-state index in [1.54, 1.807) is 0 Å². The molecule has 0 aliphatic heterocycles. The maximum atomic E-state index is 10.7. The summed E-state index contributed by atoms with van der Waals surface area (Å²) < 4.78 is 0. The monoisotopic (exact) mass is 237 g/mol. The molecule has 0 radical (unpaired) electrons. The molecule has 16 heavy (non-hydrogen) atoms. The Hall–Kier alpha value is -1.65. The Labute approximate surface area is 97.1 Å². The van der Waals surface area contributed by atoms with Crippen LogP contribution in [0.4, 0.5) is 0 Å². The lowest BCUT2D eigenvalue weighted by molar-refractivity contribution is -0.137. The zero-order chi connectivity index (χ0) is 11.8. The van der Waals surface area contributed by atoms with Crippen LogP contribution in [0.15, 0.2) is 35.4 Å². The Kier molecular flexibility index (Phi) is 5.25.